The normalized spacial score (nSPS) is 13.6. The average molecular weight is 1130 g/mol. The van der Waals surface area contributed by atoms with Crippen LogP contribution in [0.1, 0.15) is 5.76 Å². The topological polar surface area (TPSA) is 110 Å². The van der Waals surface area contributed by atoms with Crippen LogP contribution in [0.4, 0.5) is 34.3 Å². The quantitative estimate of drug-likeness (QED) is 0.155. The smallest absolute Gasteiger partial charge is 0.227 e. The van der Waals surface area contributed by atoms with E-state index in [-0.39, 0.29) is 6.17 Å². The van der Waals surface area contributed by atoms with E-state index in [4.69, 9.17) is 32.6 Å². The fraction of sp³-hybridized carbons (Fsp3) is 0.0128. The molecule has 0 saturated carbocycles. The van der Waals surface area contributed by atoms with E-state index in [1.54, 1.807) is 0 Å². The molecule has 0 fully saturated rings. The third kappa shape index (κ3) is 6.73. The van der Waals surface area contributed by atoms with Crippen molar-refractivity contribution in [2.24, 2.45) is 0 Å². The standard InChI is InChI=1S/C78H44N6O4/c1-2-12-48-43(11-1)23-27-54-49-29-26-46(37-44(49)24-28-53(48)54)83(71-35-33-69-74(81-71)60-16-6-8-22-67(60)85-69)47-39-61-58-19-9-17-50(76(58)88-78(61)80-40-47)45-25-32-68-62(38-45)75-70(86-68)34-36-72(82-75)84(65-42-79-41-63-55-15-5-7-21-66(55)87-77(63)65)64-31-30-57-52-14-4-3-13-51(52)56-18-10-20-59(64)73(56)57/h1-42,71,81H. The fourth-order valence-electron chi connectivity index (χ4n) is 14.4. The number of pyridine rings is 3. The molecule has 7 aromatic heterocycles. The van der Waals surface area contributed by atoms with Crippen molar-refractivity contribution in [3.05, 3.63) is 255 Å². The van der Waals surface area contributed by atoms with Crippen molar-refractivity contribution in [3.8, 4) is 33.4 Å². The maximum Gasteiger partial charge on any atom is 0.227 e. The molecule has 0 bridgehead atoms. The first-order chi connectivity index (χ1) is 43.6. The van der Waals surface area contributed by atoms with Crippen LogP contribution < -0.4 is 15.1 Å². The molecule has 0 amide bonds. The second-order valence-electron chi connectivity index (χ2n) is 23.0. The number of aromatic nitrogens is 3. The van der Waals surface area contributed by atoms with E-state index in [9.17, 15) is 0 Å². The molecule has 18 aromatic rings. The first-order valence-electron chi connectivity index (χ1n) is 29.6. The van der Waals surface area contributed by atoms with E-state index in [1.165, 1.54) is 54.6 Å². The van der Waals surface area contributed by atoms with Gasteiger partial charge in [-0.1, -0.05) is 158 Å². The van der Waals surface area contributed by atoms with E-state index in [1.807, 2.05) is 73.2 Å². The third-order valence-electron chi connectivity index (χ3n) is 18.4. The van der Waals surface area contributed by atoms with Crippen molar-refractivity contribution >= 4 is 160 Å². The Kier molecular flexibility index (Phi) is 9.56. The Morgan fingerprint density at radius 2 is 1.10 bits per heavy atom. The van der Waals surface area contributed by atoms with E-state index in [0.29, 0.717) is 17.1 Å². The van der Waals surface area contributed by atoms with Crippen molar-refractivity contribution in [3.63, 3.8) is 0 Å². The molecule has 1 N–H and O–H groups in total. The molecule has 1 unspecified atom stereocenters. The summed E-state index contributed by atoms with van der Waals surface area (Å²) in [6.45, 7) is 0. The predicted octanol–water partition coefficient (Wildman–Crippen LogP) is 21.3. The fourth-order valence-corrected chi connectivity index (χ4v) is 14.4. The Labute approximate surface area is 500 Å². The Morgan fingerprint density at radius 1 is 0.398 bits per heavy atom. The van der Waals surface area contributed by atoms with Crippen LogP contribution >= 0.6 is 0 Å². The van der Waals surface area contributed by atoms with Gasteiger partial charge in [0, 0.05) is 49.8 Å². The van der Waals surface area contributed by atoms with Gasteiger partial charge in [0.25, 0.3) is 0 Å². The minimum absolute atomic E-state index is 0.308. The molecule has 8 heterocycles. The molecule has 0 spiro atoms. The first kappa shape index (κ1) is 47.4. The van der Waals surface area contributed by atoms with Gasteiger partial charge in [0.2, 0.25) is 5.71 Å². The van der Waals surface area contributed by atoms with Gasteiger partial charge in [0.05, 0.1) is 34.8 Å². The largest absolute Gasteiger partial charge is 0.454 e. The number of rotatable bonds is 7. The van der Waals surface area contributed by atoms with Crippen molar-refractivity contribution < 1.29 is 17.7 Å². The SMILES string of the molecule is C1=CC(N(c2ccc3c(ccc4c5ccccc5ccc34)c2)c2cnc3oc4c(-c5ccc6oc7ccc(N(c8ccc9c%10c(cccc8%10)-c8ccccc8-9)c8cncc9c8oc8ccccc89)nc7c6c5)cccc4c3c2)Nc2c1oc1ccccc21. The summed E-state index contributed by atoms with van der Waals surface area (Å²) in [6, 6.07) is 79.2. The lowest BCUT2D eigenvalue weighted by Gasteiger charge is -2.34. The Hall–Kier alpha value is -12.0. The van der Waals surface area contributed by atoms with Gasteiger partial charge in [0.1, 0.15) is 45.5 Å². The van der Waals surface area contributed by atoms with Gasteiger partial charge >= 0.3 is 0 Å². The lowest BCUT2D eigenvalue weighted by Crippen LogP contribution is -2.37. The Balaban J connectivity index is 0.724. The molecule has 410 valence electrons. The lowest BCUT2D eigenvalue weighted by molar-refractivity contribution is 0.602. The Bertz CT molecular complexity index is 6080. The van der Waals surface area contributed by atoms with Crippen LogP contribution in [0.5, 0.6) is 0 Å². The number of nitrogens with one attached hydrogen (secondary N) is 1. The van der Waals surface area contributed by atoms with Crippen LogP contribution in [0.3, 0.4) is 0 Å². The maximum atomic E-state index is 6.87. The van der Waals surface area contributed by atoms with Crippen LogP contribution in [-0.4, -0.2) is 21.1 Å². The first-order valence-corrected chi connectivity index (χ1v) is 29.6. The van der Waals surface area contributed by atoms with Gasteiger partial charge in [-0.3, -0.25) is 9.88 Å². The summed E-state index contributed by atoms with van der Waals surface area (Å²) in [7, 11) is 0. The molecular weight excluding hydrogens is 1080 g/mol. The van der Waals surface area contributed by atoms with Crippen LogP contribution in [0, 0.1) is 0 Å². The zero-order valence-electron chi connectivity index (χ0n) is 46.7. The summed E-state index contributed by atoms with van der Waals surface area (Å²) in [6.07, 6.45) is 9.63. The molecule has 88 heavy (non-hydrogen) atoms. The third-order valence-corrected chi connectivity index (χ3v) is 18.4. The molecular formula is C78H44N6O4. The average Bonchev–Trinajstić information content (AvgIpc) is 1.72. The zero-order chi connectivity index (χ0) is 57.3. The summed E-state index contributed by atoms with van der Waals surface area (Å²) in [5.41, 5.74) is 17.0. The van der Waals surface area contributed by atoms with Crippen molar-refractivity contribution in [1.82, 2.24) is 15.0 Å². The summed E-state index contributed by atoms with van der Waals surface area (Å²) < 4.78 is 26.6. The molecule has 11 aromatic carbocycles. The van der Waals surface area contributed by atoms with Gasteiger partial charge in [-0.25, -0.2) is 9.97 Å². The van der Waals surface area contributed by atoms with E-state index in [2.05, 4.69) is 197 Å². The maximum absolute atomic E-state index is 6.87. The minimum atomic E-state index is -0.308. The number of furan rings is 4. The zero-order valence-corrected chi connectivity index (χ0v) is 46.7. The molecule has 10 nitrogen and oxygen atoms in total. The van der Waals surface area contributed by atoms with Crippen molar-refractivity contribution in [2.45, 2.75) is 6.17 Å². The lowest BCUT2D eigenvalue weighted by atomic mass is 9.96. The van der Waals surface area contributed by atoms with Crippen molar-refractivity contribution in [1.29, 1.82) is 0 Å². The molecule has 0 radical (unpaired) electrons. The minimum Gasteiger partial charge on any atom is -0.454 e. The van der Waals surface area contributed by atoms with E-state index < -0.39 is 0 Å². The summed E-state index contributed by atoms with van der Waals surface area (Å²) in [4.78, 5) is 20.1. The highest BCUT2D eigenvalue weighted by atomic mass is 16.3. The highest BCUT2D eigenvalue weighted by Gasteiger charge is 2.30. The molecule has 1 atom stereocenters. The van der Waals surface area contributed by atoms with Crippen LogP contribution in [0.25, 0.3) is 160 Å². The molecule has 10 heteroatoms. The monoisotopic (exact) mass is 1130 g/mol. The molecule has 0 saturated heterocycles. The molecule has 20 rings (SSSR count). The number of anilines is 6. The number of para-hydroxylation sites is 3. The van der Waals surface area contributed by atoms with E-state index >= 15 is 0 Å². The molecule has 2 aliphatic rings. The summed E-state index contributed by atoms with van der Waals surface area (Å²) >= 11 is 0. The van der Waals surface area contributed by atoms with Crippen molar-refractivity contribution in [2.75, 3.05) is 15.1 Å². The number of benzene rings is 11. The Morgan fingerprint density at radius 3 is 1.99 bits per heavy atom. The van der Waals surface area contributed by atoms with Gasteiger partial charge in [0.15, 0.2) is 16.9 Å². The van der Waals surface area contributed by atoms with Gasteiger partial charge < -0.3 is 27.9 Å². The molecule has 1 aliphatic heterocycles. The number of nitrogens with zero attached hydrogens (tertiary/aromatic N) is 5. The van der Waals surface area contributed by atoms with Crippen LogP contribution in [-0.2, 0) is 0 Å². The van der Waals surface area contributed by atoms with Gasteiger partial charge in [-0.05, 0) is 144 Å². The predicted molar refractivity (Wildman–Crippen MR) is 357 cm³/mol. The van der Waals surface area contributed by atoms with Crippen LogP contribution in [0.2, 0.25) is 0 Å². The van der Waals surface area contributed by atoms with Gasteiger partial charge in [-0.2, -0.15) is 0 Å². The molecule has 1 aliphatic carbocycles. The number of hydrogen-bond acceptors (Lipinski definition) is 10. The summed E-state index contributed by atoms with van der Waals surface area (Å²) in [5.74, 6) is 1.48. The second kappa shape index (κ2) is 17.8. The second-order valence-corrected chi connectivity index (χ2v) is 23.0. The van der Waals surface area contributed by atoms with Gasteiger partial charge in [-0.15, -0.1) is 0 Å². The number of fused-ring (bicyclic) bond motifs is 20. The highest BCUT2D eigenvalue weighted by molar-refractivity contribution is 6.21. The van der Waals surface area contributed by atoms with Crippen LogP contribution in [0.15, 0.2) is 267 Å². The highest BCUT2D eigenvalue weighted by Crippen LogP contribution is 2.53. The number of hydrogen-bond donors (Lipinski definition) is 1. The van der Waals surface area contributed by atoms with E-state index in [0.717, 1.165) is 122 Å². The summed E-state index contributed by atoms with van der Waals surface area (Å²) in [5, 5.41) is 19.1.